The minimum absolute atomic E-state index is 0.0657. The van der Waals surface area contributed by atoms with Gasteiger partial charge in [-0.15, -0.1) is 20.1 Å². The first-order valence-corrected chi connectivity index (χ1v) is 9.99. The van der Waals surface area contributed by atoms with Gasteiger partial charge in [0.15, 0.2) is 16.6 Å². The van der Waals surface area contributed by atoms with Gasteiger partial charge in [-0.1, -0.05) is 12.1 Å². The van der Waals surface area contributed by atoms with Crippen LogP contribution in [0.4, 0.5) is 29.7 Å². The van der Waals surface area contributed by atoms with E-state index in [2.05, 4.69) is 19.8 Å². The quantitative estimate of drug-likeness (QED) is 0.545. The van der Waals surface area contributed by atoms with Gasteiger partial charge < -0.3 is 14.8 Å². The monoisotopic (exact) mass is 461 g/mol. The lowest BCUT2D eigenvalue weighted by Gasteiger charge is -2.18. The number of amides is 2. The van der Waals surface area contributed by atoms with Crippen LogP contribution in [0.2, 0.25) is 0 Å². The van der Waals surface area contributed by atoms with E-state index in [1.807, 2.05) is 0 Å². The Morgan fingerprint density at radius 2 is 1.91 bits per heavy atom. The molecule has 32 heavy (non-hydrogen) atoms. The highest BCUT2D eigenvalue weighted by molar-refractivity contribution is 7.14. The third kappa shape index (κ3) is 4.57. The van der Waals surface area contributed by atoms with Crippen molar-refractivity contribution in [3.8, 4) is 11.5 Å². The van der Waals surface area contributed by atoms with Gasteiger partial charge in [-0.2, -0.15) is 0 Å². The number of hydrogen-bond donors (Lipinski definition) is 1. The Labute approximate surface area is 183 Å². The summed E-state index contributed by atoms with van der Waals surface area (Å²) in [7, 11) is 0. The number of carbonyl (C=O) groups is 2. The van der Waals surface area contributed by atoms with E-state index < -0.39 is 23.9 Å². The average molecular weight is 461 g/mol. The van der Waals surface area contributed by atoms with Gasteiger partial charge in [-0.3, -0.25) is 14.5 Å². The zero-order chi connectivity index (χ0) is 22.9. The maximum atomic E-state index is 14.1. The van der Waals surface area contributed by atoms with Crippen molar-refractivity contribution >= 4 is 45.7 Å². The number of carbonyl (C=O) groups excluding carboxylic acids is 2. The molecule has 0 aliphatic carbocycles. The lowest BCUT2D eigenvalue weighted by molar-refractivity contribution is -0.286. The first-order valence-electron chi connectivity index (χ1n) is 9.11. The Balaban J connectivity index is 1.45. The van der Waals surface area contributed by atoms with Crippen molar-refractivity contribution in [1.82, 2.24) is 4.98 Å². The molecular weight excluding hydrogens is 447 g/mol. The van der Waals surface area contributed by atoms with Gasteiger partial charge in [-0.05, 0) is 30.3 Å². The summed E-state index contributed by atoms with van der Waals surface area (Å²) in [5, 5.41) is 4.34. The fraction of sp³-hybridized carbons (Fsp3) is 0.0952. The first-order chi connectivity index (χ1) is 15.2. The average Bonchev–Trinajstić information content (AvgIpc) is 3.30. The molecule has 1 aliphatic heterocycles. The maximum Gasteiger partial charge on any atom is 0.586 e. The van der Waals surface area contributed by atoms with Crippen molar-refractivity contribution in [3.63, 3.8) is 0 Å². The molecule has 4 rings (SSSR count). The van der Waals surface area contributed by atoms with Crippen LogP contribution < -0.4 is 19.7 Å². The summed E-state index contributed by atoms with van der Waals surface area (Å²) in [4.78, 5) is 29.6. The minimum Gasteiger partial charge on any atom is -0.395 e. The van der Waals surface area contributed by atoms with Gasteiger partial charge >= 0.3 is 6.29 Å². The summed E-state index contributed by atoms with van der Waals surface area (Å²) in [6.45, 7) is 1.29. The number of anilines is 3. The molecule has 164 valence electrons. The summed E-state index contributed by atoms with van der Waals surface area (Å²) in [6.07, 6.45) is -1.17. The Morgan fingerprint density at radius 3 is 2.66 bits per heavy atom. The molecule has 1 aromatic heterocycles. The predicted molar refractivity (Wildman–Crippen MR) is 112 cm³/mol. The third-order valence-corrected chi connectivity index (χ3v) is 5.03. The molecule has 2 aromatic carbocycles. The van der Waals surface area contributed by atoms with E-state index in [1.54, 1.807) is 11.4 Å². The summed E-state index contributed by atoms with van der Waals surface area (Å²) in [5.74, 6) is -1.88. The largest absolute Gasteiger partial charge is 0.586 e. The number of fused-ring (bicyclic) bond motifs is 1. The molecule has 0 atom stereocenters. The highest BCUT2D eigenvalue weighted by atomic mass is 32.1. The Kier molecular flexibility index (Phi) is 5.57. The molecular formula is C21H14F3N3O4S. The van der Waals surface area contributed by atoms with Crippen LogP contribution in [0.3, 0.4) is 0 Å². The molecule has 1 aliphatic rings. The summed E-state index contributed by atoms with van der Waals surface area (Å²) >= 11 is 1.10. The molecule has 0 radical (unpaired) electrons. The van der Waals surface area contributed by atoms with Crippen molar-refractivity contribution < 1.29 is 32.2 Å². The summed E-state index contributed by atoms with van der Waals surface area (Å²) in [6, 6.07) is 9.66. The second kappa shape index (κ2) is 8.35. The standard InChI is InChI=1S/C21H14F3N3O4S/c1-12(28)27(16-5-3-2-4-15(16)22)20-26-14(11-32-20)7-9-19(29)25-13-6-8-17-18(10-13)31-21(23,24)30-17/h2-11H,1H3,(H,25,29)/b9-7+. The lowest BCUT2D eigenvalue weighted by atomic mass is 10.2. The van der Waals surface area contributed by atoms with Crippen LogP contribution in [0, 0.1) is 5.82 Å². The highest BCUT2D eigenvalue weighted by Crippen LogP contribution is 2.42. The van der Waals surface area contributed by atoms with Crippen LogP contribution in [-0.2, 0) is 9.59 Å². The number of ether oxygens (including phenoxy) is 2. The number of alkyl halides is 2. The molecule has 0 saturated heterocycles. The third-order valence-electron chi connectivity index (χ3n) is 4.18. The van der Waals surface area contributed by atoms with Crippen molar-refractivity contribution in [3.05, 3.63) is 65.4 Å². The van der Waals surface area contributed by atoms with Crippen molar-refractivity contribution in [1.29, 1.82) is 0 Å². The van der Waals surface area contributed by atoms with Crippen LogP contribution in [0.15, 0.2) is 53.9 Å². The molecule has 0 bridgehead atoms. The number of para-hydroxylation sites is 1. The van der Waals surface area contributed by atoms with Gasteiger partial charge in [0.05, 0.1) is 11.4 Å². The van der Waals surface area contributed by atoms with E-state index in [0.717, 1.165) is 16.2 Å². The lowest BCUT2D eigenvalue weighted by Crippen LogP contribution is -2.25. The second-order valence-electron chi connectivity index (χ2n) is 6.51. The molecule has 2 amide bonds. The number of hydrogen-bond acceptors (Lipinski definition) is 6. The van der Waals surface area contributed by atoms with Crippen LogP contribution >= 0.6 is 11.3 Å². The van der Waals surface area contributed by atoms with Crippen molar-refractivity contribution in [2.24, 2.45) is 0 Å². The van der Waals surface area contributed by atoms with Gasteiger partial charge in [-0.25, -0.2) is 9.37 Å². The van der Waals surface area contributed by atoms with E-state index in [1.165, 1.54) is 55.5 Å². The first kappa shape index (κ1) is 21.4. The zero-order valence-electron chi connectivity index (χ0n) is 16.3. The molecule has 0 saturated carbocycles. The van der Waals surface area contributed by atoms with Crippen LogP contribution in [0.1, 0.15) is 12.6 Å². The van der Waals surface area contributed by atoms with Crippen LogP contribution in [-0.4, -0.2) is 23.1 Å². The number of nitrogens with one attached hydrogen (secondary N) is 1. The molecule has 2 heterocycles. The van der Waals surface area contributed by atoms with Crippen LogP contribution in [0.5, 0.6) is 11.5 Å². The molecule has 7 nitrogen and oxygen atoms in total. The molecule has 0 fully saturated rings. The fourth-order valence-corrected chi connectivity index (χ4v) is 3.72. The molecule has 1 N–H and O–H groups in total. The highest BCUT2D eigenvalue weighted by Gasteiger charge is 2.43. The summed E-state index contributed by atoms with van der Waals surface area (Å²) in [5.41, 5.74) is 0.657. The second-order valence-corrected chi connectivity index (χ2v) is 7.35. The summed E-state index contributed by atoms with van der Waals surface area (Å²) < 4.78 is 48.9. The van der Waals surface area contributed by atoms with E-state index in [4.69, 9.17) is 0 Å². The normalized spacial score (nSPS) is 13.9. The van der Waals surface area contributed by atoms with Gasteiger partial charge in [0.2, 0.25) is 11.8 Å². The molecule has 11 heteroatoms. The number of aromatic nitrogens is 1. The molecule has 0 unspecified atom stereocenters. The maximum absolute atomic E-state index is 14.1. The SMILES string of the molecule is CC(=O)N(c1nc(/C=C/C(=O)Nc2ccc3c(c2)OC(F)(F)O3)cs1)c1ccccc1F. The van der Waals surface area contributed by atoms with Gasteiger partial charge in [0.25, 0.3) is 0 Å². The topological polar surface area (TPSA) is 80.8 Å². The Morgan fingerprint density at radius 1 is 1.16 bits per heavy atom. The van der Waals surface area contributed by atoms with Crippen molar-refractivity contribution in [2.75, 3.05) is 10.2 Å². The number of nitrogens with zero attached hydrogens (tertiary/aromatic N) is 2. The Bertz CT molecular complexity index is 1230. The number of rotatable bonds is 5. The number of halogens is 3. The molecule has 3 aromatic rings. The minimum atomic E-state index is -3.75. The van der Waals surface area contributed by atoms with Crippen LogP contribution in [0.25, 0.3) is 6.08 Å². The van der Waals surface area contributed by atoms with E-state index in [9.17, 15) is 22.8 Å². The van der Waals surface area contributed by atoms with Crippen molar-refractivity contribution in [2.45, 2.75) is 13.2 Å². The van der Waals surface area contributed by atoms with E-state index >= 15 is 0 Å². The predicted octanol–water partition coefficient (Wildman–Crippen LogP) is 4.94. The van der Waals surface area contributed by atoms with E-state index in [-0.39, 0.29) is 28.0 Å². The number of thiazole rings is 1. The molecule has 0 spiro atoms. The zero-order valence-corrected chi connectivity index (χ0v) is 17.2. The fourth-order valence-electron chi connectivity index (χ4n) is 2.87. The Hall–Kier alpha value is -3.86. The number of benzene rings is 2. The smallest absolute Gasteiger partial charge is 0.395 e. The van der Waals surface area contributed by atoms with Gasteiger partial charge in [0.1, 0.15) is 5.82 Å². The van der Waals surface area contributed by atoms with Gasteiger partial charge in [0, 0.05) is 30.1 Å². The van der Waals surface area contributed by atoms with E-state index in [0.29, 0.717) is 5.69 Å².